The molecule has 0 atom stereocenters. The van der Waals surface area contributed by atoms with Crippen molar-refractivity contribution >= 4 is 43.5 Å². The Labute approximate surface area is 314 Å². The van der Waals surface area contributed by atoms with E-state index in [0.717, 1.165) is 38.1 Å². The standard InChI is InChI=1S/C47H29N3O/c1-3-12-30(13-4-1)31-22-24-34(25-23-31)46-48-45(33-15-5-2-6-16-33)49-47(50-46)35-26-27-42-41(28-35)44-39-20-10-9-19-38(39)40(29-43(44)51-42)37-21-11-17-32-14-7-8-18-36(32)37/h1-29H/i1D,2D,3D,4D,5D,6D,12D,13D,15D,16D,22D,23D,24D,25D. The van der Waals surface area contributed by atoms with Gasteiger partial charge < -0.3 is 4.42 Å². The van der Waals surface area contributed by atoms with Gasteiger partial charge in [0, 0.05) is 27.5 Å². The zero-order chi connectivity index (χ0) is 45.9. The molecule has 0 amide bonds. The van der Waals surface area contributed by atoms with Crippen molar-refractivity contribution in [1.82, 2.24) is 15.0 Å². The van der Waals surface area contributed by atoms with Gasteiger partial charge in [-0.05, 0) is 68.1 Å². The lowest BCUT2D eigenvalue weighted by atomic mass is 9.92. The summed E-state index contributed by atoms with van der Waals surface area (Å²) >= 11 is 0. The lowest BCUT2D eigenvalue weighted by Gasteiger charge is -2.11. The van der Waals surface area contributed by atoms with Gasteiger partial charge in [-0.2, -0.15) is 0 Å². The fourth-order valence-electron chi connectivity index (χ4n) is 6.48. The molecule has 51 heavy (non-hydrogen) atoms. The van der Waals surface area contributed by atoms with Crippen molar-refractivity contribution in [2.75, 3.05) is 0 Å². The quantitative estimate of drug-likeness (QED) is 0.184. The number of benzene rings is 8. The minimum Gasteiger partial charge on any atom is -0.456 e. The van der Waals surface area contributed by atoms with Gasteiger partial charge in [-0.3, -0.25) is 0 Å². The van der Waals surface area contributed by atoms with Crippen LogP contribution in [0.2, 0.25) is 0 Å². The molecule has 0 saturated heterocycles. The van der Waals surface area contributed by atoms with E-state index in [4.69, 9.17) is 23.6 Å². The number of nitrogens with zero attached hydrogens (tertiary/aromatic N) is 3. The molecule has 0 aliphatic carbocycles. The molecule has 8 aromatic carbocycles. The lowest BCUT2D eigenvalue weighted by molar-refractivity contribution is 0.669. The van der Waals surface area contributed by atoms with Gasteiger partial charge in [-0.25, -0.2) is 15.0 Å². The molecule has 10 rings (SSSR count). The summed E-state index contributed by atoms with van der Waals surface area (Å²) in [5.74, 6) is -0.990. The predicted molar refractivity (Wildman–Crippen MR) is 209 cm³/mol. The van der Waals surface area contributed by atoms with E-state index >= 15 is 0 Å². The minimum absolute atomic E-state index is 0.115. The molecule has 4 heteroatoms. The van der Waals surface area contributed by atoms with Crippen molar-refractivity contribution < 1.29 is 23.6 Å². The van der Waals surface area contributed by atoms with E-state index in [2.05, 4.69) is 39.2 Å². The van der Waals surface area contributed by atoms with E-state index in [0.29, 0.717) is 22.1 Å². The number of furan rings is 1. The van der Waals surface area contributed by atoms with Gasteiger partial charge in [0.25, 0.3) is 0 Å². The first kappa shape index (κ1) is 18.2. The highest BCUT2D eigenvalue weighted by Gasteiger charge is 2.18. The van der Waals surface area contributed by atoms with Crippen molar-refractivity contribution in [1.29, 1.82) is 0 Å². The molecule has 0 fully saturated rings. The molecule has 0 spiro atoms. The third-order valence-corrected chi connectivity index (χ3v) is 8.77. The third kappa shape index (κ3) is 5.04. The molecule has 0 bridgehead atoms. The van der Waals surface area contributed by atoms with Crippen LogP contribution in [0.3, 0.4) is 0 Å². The summed E-state index contributed by atoms with van der Waals surface area (Å²) in [4.78, 5) is 13.7. The largest absolute Gasteiger partial charge is 0.456 e. The second-order valence-electron chi connectivity index (χ2n) is 11.7. The summed E-state index contributed by atoms with van der Waals surface area (Å²) < 4.78 is 127. The number of hydrogen-bond donors (Lipinski definition) is 0. The number of fused-ring (bicyclic) bond motifs is 6. The van der Waals surface area contributed by atoms with Crippen molar-refractivity contribution in [2.45, 2.75) is 0 Å². The average Bonchev–Trinajstić information content (AvgIpc) is 3.69. The summed E-state index contributed by atoms with van der Waals surface area (Å²) in [6, 6.07) is 19.5. The summed E-state index contributed by atoms with van der Waals surface area (Å²) in [6.45, 7) is 0. The Balaban J connectivity index is 1.23. The average molecular weight is 666 g/mol. The molecule has 10 aromatic rings. The monoisotopic (exact) mass is 665 g/mol. The van der Waals surface area contributed by atoms with Crippen LogP contribution in [-0.4, -0.2) is 15.0 Å². The molecule has 0 unspecified atom stereocenters. The van der Waals surface area contributed by atoms with Crippen LogP contribution in [-0.2, 0) is 0 Å². The summed E-state index contributed by atoms with van der Waals surface area (Å²) in [7, 11) is 0. The second-order valence-corrected chi connectivity index (χ2v) is 11.7. The molecule has 0 aliphatic rings. The van der Waals surface area contributed by atoms with Crippen LogP contribution >= 0.6 is 0 Å². The molecule has 4 nitrogen and oxygen atoms in total. The van der Waals surface area contributed by atoms with Gasteiger partial charge >= 0.3 is 0 Å². The maximum Gasteiger partial charge on any atom is 0.164 e. The Morgan fingerprint density at radius 3 is 1.71 bits per heavy atom. The molecular formula is C47H29N3O. The van der Waals surface area contributed by atoms with Crippen LogP contribution in [0.15, 0.2) is 180 Å². The molecule has 0 aliphatic heterocycles. The van der Waals surface area contributed by atoms with E-state index in [9.17, 15) is 0 Å². The fraction of sp³-hybridized carbons (Fsp3) is 0. The van der Waals surface area contributed by atoms with E-state index in [-0.39, 0.29) is 5.82 Å². The van der Waals surface area contributed by atoms with E-state index in [1.165, 1.54) is 0 Å². The lowest BCUT2D eigenvalue weighted by Crippen LogP contribution is -2.00. The van der Waals surface area contributed by atoms with Gasteiger partial charge in [0.05, 0.1) is 19.2 Å². The van der Waals surface area contributed by atoms with E-state index in [1.54, 1.807) is 18.2 Å². The van der Waals surface area contributed by atoms with Crippen LogP contribution in [0.4, 0.5) is 0 Å². The second kappa shape index (κ2) is 11.9. The Morgan fingerprint density at radius 2 is 0.961 bits per heavy atom. The highest BCUT2D eigenvalue weighted by Crippen LogP contribution is 2.42. The first-order valence-electron chi connectivity index (χ1n) is 23.0. The van der Waals surface area contributed by atoms with Gasteiger partial charge in [0.2, 0.25) is 0 Å². The first-order chi connectivity index (χ1) is 31.1. The van der Waals surface area contributed by atoms with Crippen molar-refractivity contribution in [3.8, 4) is 56.4 Å². The van der Waals surface area contributed by atoms with E-state index in [1.807, 2.05) is 48.5 Å². The zero-order valence-corrected chi connectivity index (χ0v) is 26.4. The van der Waals surface area contributed by atoms with Gasteiger partial charge in [0.15, 0.2) is 17.5 Å². The van der Waals surface area contributed by atoms with Crippen LogP contribution in [0, 0.1) is 0 Å². The van der Waals surface area contributed by atoms with Gasteiger partial charge in [-0.15, -0.1) is 0 Å². The number of aromatic nitrogens is 3. The Hall–Kier alpha value is -6.91. The Kier molecular flexibility index (Phi) is 4.24. The first-order valence-corrected chi connectivity index (χ1v) is 16.0. The fourth-order valence-corrected chi connectivity index (χ4v) is 6.48. The van der Waals surface area contributed by atoms with Crippen molar-refractivity contribution in [2.24, 2.45) is 0 Å². The van der Waals surface area contributed by atoms with Crippen LogP contribution in [0.1, 0.15) is 19.2 Å². The zero-order valence-electron chi connectivity index (χ0n) is 40.4. The van der Waals surface area contributed by atoms with E-state index < -0.39 is 118 Å². The molecule has 0 N–H and O–H groups in total. The molecule has 0 saturated carbocycles. The molecule has 238 valence electrons. The highest BCUT2D eigenvalue weighted by molar-refractivity contribution is 6.23. The van der Waals surface area contributed by atoms with Gasteiger partial charge in [0.1, 0.15) is 11.2 Å². The molecule has 2 aromatic heterocycles. The van der Waals surface area contributed by atoms with Crippen LogP contribution in [0.5, 0.6) is 0 Å². The smallest absolute Gasteiger partial charge is 0.164 e. The highest BCUT2D eigenvalue weighted by atomic mass is 16.3. The Morgan fingerprint density at radius 1 is 0.392 bits per heavy atom. The maximum absolute atomic E-state index is 9.14. The van der Waals surface area contributed by atoms with Crippen LogP contribution in [0.25, 0.3) is 99.9 Å². The third-order valence-electron chi connectivity index (χ3n) is 8.77. The Bertz CT molecular complexity index is 3650. The SMILES string of the molecule is [2H]c1c([2H])c([2H])c(-c2nc(-c3ccc4oc5cc(-c6cccc7ccccc67)c6ccccc6c5c4c3)nc(-c3c([2H])c([2H])c(-c4c([2H])c([2H])c([2H])c([2H])c4[2H])c([2H])c3[2H])n2)c([2H])c1[2H]. The summed E-state index contributed by atoms with van der Waals surface area (Å²) in [5.41, 5.74) is 1.48. The summed E-state index contributed by atoms with van der Waals surface area (Å²) in [5, 5.41) is 5.46. The number of hydrogen-bond acceptors (Lipinski definition) is 4. The molecular weight excluding hydrogens is 623 g/mol. The summed E-state index contributed by atoms with van der Waals surface area (Å²) in [6.07, 6.45) is 0. The van der Waals surface area contributed by atoms with Crippen molar-refractivity contribution in [3.05, 3.63) is 176 Å². The van der Waals surface area contributed by atoms with Crippen LogP contribution < -0.4 is 0 Å². The molecule has 0 radical (unpaired) electrons. The molecule has 2 heterocycles. The maximum atomic E-state index is 9.14. The predicted octanol–water partition coefficient (Wildman–Crippen LogP) is 12.4. The van der Waals surface area contributed by atoms with Crippen molar-refractivity contribution in [3.63, 3.8) is 0 Å². The minimum atomic E-state index is -0.758. The van der Waals surface area contributed by atoms with Gasteiger partial charge in [-0.1, -0.05) is 151 Å². The number of rotatable bonds is 5. The normalized spacial score (nSPS) is 15.4. The topological polar surface area (TPSA) is 51.8 Å².